The molecule has 144 valence electrons. The molecule has 1 unspecified atom stereocenters. The third kappa shape index (κ3) is 6.63. The van der Waals surface area contributed by atoms with E-state index in [-0.39, 0.29) is 5.91 Å². The van der Waals surface area contributed by atoms with Crippen LogP contribution >= 0.6 is 0 Å². The van der Waals surface area contributed by atoms with Crippen molar-refractivity contribution >= 4 is 5.91 Å². The Labute approximate surface area is 160 Å². The molecule has 0 saturated heterocycles. The van der Waals surface area contributed by atoms with Crippen LogP contribution in [-0.2, 0) is 24.1 Å². The lowest BCUT2D eigenvalue weighted by Crippen LogP contribution is -2.25. The van der Waals surface area contributed by atoms with E-state index in [2.05, 4.69) is 31.7 Å². The molecule has 0 N–H and O–H groups in total. The monoisotopic (exact) mass is 355 g/mol. The van der Waals surface area contributed by atoms with E-state index < -0.39 is 0 Å². The number of benzene rings is 1. The molecule has 2 nitrogen and oxygen atoms in total. The van der Waals surface area contributed by atoms with E-state index in [1.54, 1.807) is 16.0 Å². The van der Waals surface area contributed by atoms with Crippen LogP contribution in [0.3, 0.4) is 0 Å². The molecule has 2 heteroatoms. The third-order valence-electron chi connectivity index (χ3n) is 5.83. The van der Waals surface area contributed by atoms with Gasteiger partial charge in [-0.15, -0.1) is 0 Å². The number of unbranched alkanes of at least 4 members (excludes halogenated alkanes) is 4. The fourth-order valence-electron chi connectivity index (χ4n) is 4.11. The van der Waals surface area contributed by atoms with E-state index in [0.29, 0.717) is 0 Å². The summed E-state index contributed by atoms with van der Waals surface area (Å²) in [6.45, 7) is 6.62. The highest BCUT2D eigenvalue weighted by Crippen LogP contribution is 2.30. The van der Waals surface area contributed by atoms with Gasteiger partial charge in [-0.3, -0.25) is 4.79 Å². The summed E-state index contributed by atoms with van der Waals surface area (Å²) in [5.74, 6) is 0.907. The Bertz CT molecular complexity index is 578. The molecule has 0 fully saturated rings. The molecule has 0 aliphatic heterocycles. The van der Waals surface area contributed by atoms with Crippen LogP contribution < -0.4 is 0 Å². The largest absolute Gasteiger partial charge is 0.342 e. The van der Waals surface area contributed by atoms with Gasteiger partial charge in [-0.2, -0.15) is 0 Å². The Kier molecular flexibility index (Phi) is 8.94. The number of carbonyl (C=O) groups excluding carboxylic acids is 1. The predicted molar refractivity (Wildman–Crippen MR) is 111 cm³/mol. The zero-order valence-corrected chi connectivity index (χ0v) is 16.9. The summed E-state index contributed by atoms with van der Waals surface area (Å²) in [4.78, 5) is 13.3. The summed E-state index contributed by atoms with van der Waals surface area (Å²) < 4.78 is 0. The van der Waals surface area contributed by atoms with E-state index in [4.69, 9.17) is 0 Å². The van der Waals surface area contributed by atoms with Gasteiger partial charge in [0.15, 0.2) is 0 Å². The molecule has 1 atom stereocenters. The van der Waals surface area contributed by atoms with Gasteiger partial charge in [0, 0.05) is 13.6 Å². The van der Waals surface area contributed by atoms with Gasteiger partial charge in [0.1, 0.15) is 0 Å². The molecule has 0 aromatic heterocycles. The van der Waals surface area contributed by atoms with Crippen LogP contribution in [0.1, 0.15) is 75.0 Å². The second kappa shape index (κ2) is 11.2. The minimum Gasteiger partial charge on any atom is -0.342 e. The molecule has 0 bridgehead atoms. The van der Waals surface area contributed by atoms with E-state index in [0.717, 1.165) is 25.3 Å². The lowest BCUT2D eigenvalue weighted by Gasteiger charge is -2.25. The fraction of sp³-hybridized carbons (Fsp3) is 0.625. The number of hydrogen-bond acceptors (Lipinski definition) is 1. The molecule has 2 rings (SSSR count). The Morgan fingerprint density at radius 2 is 2.00 bits per heavy atom. The minimum absolute atomic E-state index is 0.0103. The average molecular weight is 356 g/mol. The lowest BCUT2D eigenvalue weighted by molar-refractivity contribution is -0.124. The van der Waals surface area contributed by atoms with Gasteiger partial charge < -0.3 is 4.90 Å². The number of likely N-dealkylation sites (N-methyl/N-ethyl adjacent to an activating group) is 1. The van der Waals surface area contributed by atoms with Crippen molar-refractivity contribution in [3.8, 4) is 0 Å². The molecule has 0 saturated carbocycles. The normalized spacial score (nSPS) is 16.2. The molecule has 0 heterocycles. The van der Waals surface area contributed by atoms with Crippen molar-refractivity contribution in [2.75, 3.05) is 13.6 Å². The van der Waals surface area contributed by atoms with E-state index >= 15 is 0 Å². The number of nitrogens with zero attached hydrogens (tertiary/aromatic N) is 1. The van der Waals surface area contributed by atoms with Crippen LogP contribution in [0, 0.1) is 5.92 Å². The van der Waals surface area contributed by atoms with E-state index in [1.165, 1.54) is 69.4 Å². The number of amides is 1. The van der Waals surface area contributed by atoms with Crippen LogP contribution in [-0.4, -0.2) is 24.4 Å². The molecule has 1 aliphatic carbocycles. The molecule has 1 amide bonds. The maximum absolute atomic E-state index is 11.5. The number of fused-ring (bicyclic) bond motifs is 1. The van der Waals surface area contributed by atoms with Crippen molar-refractivity contribution in [3.05, 3.63) is 47.5 Å². The van der Waals surface area contributed by atoms with Gasteiger partial charge >= 0.3 is 0 Å². The van der Waals surface area contributed by atoms with Crippen molar-refractivity contribution < 1.29 is 4.79 Å². The first-order chi connectivity index (χ1) is 12.6. The average Bonchev–Trinajstić information content (AvgIpc) is 2.67. The van der Waals surface area contributed by atoms with Gasteiger partial charge in [0.2, 0.25) is 5.91 Å². The summed E-state index contributed by atoms with van der Waals surface area (Å²) >= 11 is 0. The van der Waals surface area contributed by atoms with Crippen LogP contribution in [0.4, 0.5) is 0 Å². The summed E-state index contributed by atoms with van der Waals surface area (Å²) in [6, 6.07) is 7.09. The number of aryl methyl sites for hydroxylation is 2. The molecule has 0 radical (unpaired) electrons. The standard InChI is InChI=1S/C24H37NO/c1-4-6-7-8-9-11-20-13-15-23-19-21(14-16-22(23)18-20)12-10-17-25(3)24(26)5-2/h5,14,16,19-20H,2,4,6-13,15,17-18H2,1,3H3. The van der Waals surface area contributed by atoms with Crippen molar-refractivity contribution in [2.24, 2.45) is 5.92 Å². The van der Waals surface area contributed by atoms with Crippen LogP contribution in [0.15, 0.2) is 30.9 Å². The second-order valence-corrected chi connectivity index (χ2v) is 7.98. The topological polar surface area (TPSA) is 20.3 Å². The van der Waals surface area contributed by atoms with Gasteiger partial charge in [-0.1, -0.05) is 70.2 Å². The SMILES string of the molecule is C=CC(=O)N(C)CCCc1ccc2c(c1)CCC(CCCCCCC)C2. The van der Waals surface area contributed by atoms with Crippen molar-refractivity contribution in [1.82, 2.24) is 4.90 Å². The van der Waals surface area contributed by atoms with Crippen molar-refractivity contribution in [3.63, 3.8) is 0 Å². The first kappa shape index (κ1) is 20.7. The highest BCUT2D eigenvalue weighted by molar-refractivity contribution is 5.86. The molecule has 0 spiro atoms. The lowest BCUT2D eigenvalue weighted by atomic mass is 9.80. The highest BCUT2D eigenvalue weighted by Gasteiger charge is 2.18. The maximum atomic E-state index is 11.5. The summed E-state index contributed by atoms with van der Waals surface area (Å²) in [5.41, 5.74) is 4.57. The van der Waals surface area contributed by atoms with Gasteiger partial charge in [0.25, 0.3) is 0 Å². The first-order valence-electron chi connectivity index (χ1n) is 10.6. The van der Waals surface area contributed by atoms with Crippen molar-refractivity contribution in [2.45, 2.75) is 77.6 Å². The molecule has 1 aliphatic rings. The molecular weight excluding hydrogens is 318 g/mol. The Morgan fingerprint density at radius 1 is 1.19 bits per heavy atom. The molecule has 26 heavy (non-hydrogen) atoms. The summed E-state index contributed by atoms with van der Waals surface area (Å²) in [7, 11) is 1.85. The van der Waals surface area contributed by atoms with E-state index in [1.807, 2.05) is 7.05 Å². The Balaban J connectivity index is 1.75. The second-order valence-electron chi connectivity index (χ2n) is 7.98. The van der Waals surface area contributed by atoms with E-state index in [9.17, 15) is 4.79 Å². The third-order valence-corrected chi connectivity index (χ3v) is 5.83. The Hall–Kier alpha value is -1.57. The minimum atomic E-state index is 0.0103. The first-order valence-corrected chi connectivity index (χ1v) is 10.6. The highest BCUT2D eigenvalue weighted by atomic mass is 16.2. The van der Waals surface area contributed by atoms with Crippen LogP contribution in [0.25, 0.3) is 0 Å². The zero-order valence-electron chi connectivity index (χ0n) is 16.9. The van der Waals surface area contributed by atoms with Gasteiger partial charge in [-0.05, 0) is 60.8 Å². The van der Waals surface area contributed by atoms with Crippen LogP contribution in [0.5, 0.6) is 0 Å². The van der Waals surface area contributed by atoms with Gasteiger partial charge in [-0.25, -0.2) is 0 Å². The van der Waals surface area contributed by atoms with Crippen LogP contribution in [0.2, 0.25) is 0 Å². The number of carbonyl (C=O) groups is 1. The maximum Gasteiger partial charge on any atom is 0.245 e. The quantitative estimate of drug-likeness (QED) is 0.367. The predicted octanol–water partition coefficient (Wildman–Crippen LogP) is 5.73. The Morgan fingerprint density at radius 3 is 2.77 bits per heavy atom. The van der Waals surface area contributed by atoms with Crippen molar-refractivity contribution in [1.29, 1.82) is 0 Å². The molecule has 1 aromatic carbocycles. The number of hydrogen-bond donors (Lipinski definition) is 0. The fourth-order valence-corrected chi connectivity index (χ4v) is 4.11. The summed E-state index contributed by atoms with van der Waals surface area (Å²) in [5, 5.41) is 0. The molecule has 1 aromatic rings. The van der Waals surface area contributed by atoms with Gasteiger partial charge in [0.05, 0.1) is 0 Å². The number of rotatable bonds is 11. The summed E-state index contributed by atoms with van der Waals surface area (Å²) in [6.07, 6.45) is 15.7. The smallest absolute Gasteiger partial charge is 0.245 e. The molecular formula is C24H37NO. The zero-order chi connectivity index (χ0) is 18.8.